The molecule has 0 aromatic carbocycles. The van der Waals surface area contributed by atoms with E-state index < -0.39 is 5.60 Å². The third-order valence-corrected chi connectivity index (χ3v) is 6.17. The molecular formula is C21H35N5O3. The van der Waals surface area contributed by atoms with Gasteiger partial charge in [-0.25, -0.2) is 0 Å². The average Bonchev–Trinajstić information content (AvgIpc) is 2.99. The second-order valence-electron chi connectivity index (χ2n) is 8.73. The fourth-order valence-corrected chi connectivity index (χ4v) is 4.54. The molecular weight excluding hydrogens is 370 g/mol. The van der Waals surface area contributed by atoms with Gasteiger partial charge in [0, 0.05) is 65.4 Å². The fraction of sp³-hybridized carbons (Fsp3) is 0.762. The molecule has 2 aliphatic rings. The van der Waals surface area contributed by atoms with Gasteiger partial charge in [-0.3, -0.25) is 14.3 Å². The summed E-state index contributed by atoms with van der Waals surface area (Å²) in [5.74, 6) is 0.188. The Kier molecular flexibility index (Phi) is 7.29. The third-order valence-electron chi connectivity index (χ3n) is 6.17. The van der Waals surface area contributed by atoms with Crippen molar-refractivity contribution in [1.82, 2.24) is 24.9 Å². The summed E-state index contributed by atoms with van der Waals surface area (Å²) in [6.45, 7) is 5.33. The van der Waals surface area contributed by atoms with Gasteiger partial charge in [0.2, 0.25) is 11.8 Å². The highest BCUT2D eigenvalue weighted by molar-refractivity contribution is 5.76. The monoisotopic (exact) mass is 405 g/mol. The van der Waals surface area contributed by atoms with Gasteiger partial charge in [0.15, 0.2) is 0 Å². The van der Waals surface area contributed by atoms with Gasteiger partial charge in [-0.15, -0.1) is 0 Å². The van der Waals surface area contributed by atoms with Crippen molar-refractivity contribution in [3.8, 4) is 0 Å². The van der Waals surface area contributed by atoms with E-state index in [0.717, 1.165) is 50.9 Å². The van der Waals surface area contributed by atoms with Gasteiger partial charge < -0.3 is 20.2 Å². The predicted molar refractivity (Wildman–Crippen MR) is 110 cm³/mol. The molecule has 1 aromatic rings. The van der Waals surface area contributed by atoms with Crippen LogP contribution in [-0.2, 0) is 23.1 Å². The molecule has 0 unspecified atom stereocenters. The van der Waals surface area contributed by atoms with Crippen LogP contribution in [0.3, 0.4) is 0 Å². The van der Waals surface area contributed by atoms with Crippen molar-refractivity contribution in [1.29, 1.82) is 0 Å². The standard InChI is InChI=1S/C21H35N5O3/c1-17(27)23-19-6-11-25(12-7-19)16-21(29)8-3-10-26(13-9-21)20(28)5-4-18-14-22-24(2)15-18/h14-15,19,29H,3-13,16H2,1-2H3,(H,23,27)/t21-/m0/s1. The number of piperidine rings is 1. The first-order valence-corrected chi connectivity index (χ1v) is 10.8. The normalized spacial score (nSPS) is 24.3. The number of carbonyl (C=O) groups is 2. The Morgan fingerprint density at radius 3 is 2.66 bits per heavy atom. The summed E-state index contributed by atoms with van der Waals surface area (Å²) in [5, 5.41) is 18.3. The first kappa shape index (κ1) is 21.8. The Labute approximate surface area is 173 Å². The van der Waals surface area contributed by atoms with Crippen molar-refractivity contribution in [2.45, 2.75) is 63.5 Å². The van der Waals surface area contributed by atoms with Crippen molar-refractivity contribution >= 4 is 11.8 Å². The van der Waals surface area contributed by atoms with Crippen LogP contribution >= 0.6 is 0 Å². The van der Waals surface area contributed by atoms with Crippen molar-refractivity contribution in [2.75, 3.05) is 32.7 Å². The number of nitrogens with zero attached hydrogens (tertiary/aromatic N) is 4. The number of aliphatic hydroxyl groups is 1. The summed E-state index contributed by atoms with van der Waals surface area (Å²) in [6.07, 6.45) is 8.98. The van der Waals surface area contributed by atoms with Gasteiger partial charge in [0.1, 0.15) is 0 Å². The van der Waals surface area contributed by atoms with Crippen LogP contribution in [0.4, 0.5) is 0 Å². The smallest absolute Gasteiger partial charge is 0.222 e. The number of hydrogen-bond acceptors (Lipinski definition) is 5. The quantitative estimate of drug-likeness (QED) is 0.727. The lowest BCUT2D eigenvalue weighted by atomic mass is 9.93. The van der Waals surface area contributed by atoms with Crippen LogP contribution in [0.25, 0.3) is 0 Å². The lowest BCUT2D eigenvalue weighted by molar-refractivity contribution is -0.131. The molecule has 0 radical (unpaired) electrons. The van der Waals surface area contributed by atoms with Crippen LogP contribution in [0, 0.1) is 0 Å². The number of aryl methyl sites for hydroxylation is 2. The van der Waals surface area contributed by atoms with E-state index in [0.29, 0.717) is 32.4 Å². The van der Waals surface area contributed by atoms with Gasteiger partial charge in [-0.05, 0) is 44.1 Å². The summed E-state index contributed by atoms with van der Waals surface area (Å²) < 4.78 is 1.75. The van der Waals surface area contributed by atoms with E-state index in [1.54, 1.807) is 11.6 Å². The second kappa shape index (κ2) is 9.71. The molecule has 2 N–H and O–H groups in total. The van der Waals surface area contributed by atoms with Crippen LogP contribution < -0.4 is 5.32 Å². The topological polar surface area (TPSA) is 90.7 Å². The molecule has 0 bridgehead atoms. The Bertz CT molecular complexity index is 698. The Balaban J connectivity index is 1.43. The predicted octanol–water partition coefficient (Wildman–Crippen LogP) is 0.697. The molecule has 8 nitrogen and oxygen atoms in total. The van der Waals surface area contributed by atoms with Gasteiger partial charge in [0.25, 0.3) is 0 Å². The molecule has 2 fully saturated rings. The number of nitrogens with one attached hydrogen (secondary N) is 1. The van der Waals surface area contributed by atoms with Crippen molar-refractivity contribution in [2.24, 2.45) is 7.05 Å². The van der Waals surface area contributed by atoms with Crippen LogP contribution in [-0.4, -0.2) is 80.9 Å². The zero-order valence-corrected chi connectivity index (χ0v) is 17.8. The first-order valence-electron chi connectivity index (χ1n) is 10.8. The number of hydrogen-bond donors (Lipinski definition) is 2. The van der Waals surface area contributed by atoms with Crippen molar-refractivity contribution < 1.29 is 14.7 Å². The summed E-state index contributed by atoms with van der Waals surface area (Å²) in [6, 6.07) is 0.250. The SMILES string of the molecule is CC(=O)NC1CCN(C[C@]2(O)CCCN(C(=O)CCc3cnn(C)c3)CC2)CC1. The number of carbonyl (C=O) groups excluding carboxylic acids is 2. The summed E-state index contributed by atoms with van der Waals surface area (Å²) in [5.41, 5.74) is 0.342. The van der Waals surface area contributed by atoms with Crippen molar-refractivity contribution in [3.63, 3.8) is 0 Å². The molecule has 162 valence electrons. The summed E-state index contributed by atoms with van der Waals surface area (Å²) >= 11 is 0. The van der Waals surface area contributed by atoms with Crippen molar-refractivity contribution in [3.05, 3.63) is 18.0 Å². The maximum Gasteiger partial charge on any atom is 0.222 e. The number of aromatic nitrogens is 2. The van der Waals surface area contributed by atoms with Gasteiger partial charge in [-0.1, -0.05) is 0 Å². The highest BCUT2D eigenvalue weighted by Crippen LogP contribution is 2.25. The molecule has 29 heavy (non-hydrogen) atoms. The second-order valence-corrected chi connectivity index (χ2v) is 8.73. The molecule has 3 heterocycles. The molecule has 2 amide bonds. The third kappa shape index (κ3) is 6.54. The lowest BCUT2D eigenvalue weighted by Gasteiger charge is -2.38. The Morgan fingerprint density at radius 2 is 2.00 bits per heavy atom. The van der Waals surface area contributed by atoms with E-state index in [-0.39, 0.29) is 17.9 Å². The number of amides is 2. The molecule has 1 aromatic heterocycles. The Hall–Kier alpha value is -1.93. The zero-order chi connectivity index (χ0) is 20.9. The average molecular weight is 406 g/mol. The van der Waals surface area contributed by atoms with E-state index in [2.05, 4.69) is 15.3 Å². The minimum Gasteiger partial charge on any atom is -0.388 e. The minimum absolute atomic E-state index is 0.0270. The molecule has 2 aliphatic heterocycles. The highest BCUT2D eigenvalue weighted by Gasteiger charge is 2.34. The van der Waals surface area contributed by atoms with Gasteiger partial charge in [-0.2, -0.15) is 5.10 Å². The maximum absolute atomic E-state index is 12.6. The number of rotatable bonds is 6. The van der Waals surface area contributed by atoms with Crippen LogP contribution in [0.5, 0.6) is 0 Å². The molecule has 0 spiro atoms. The first-order chi connectivity index (χ1) is 13.8. The van der Waals surface area contributed by atoms with E-state index in [1.165, 1.54) is 0 Å². The van der Waals surface area contributed by atoms with Crippen LogP contribution in [0.1, 0.15) is 51.0 Å². The molecule has 8 heteroatoms. The largest absolute Gasteiger partial charge is 0.388 e. The maximum atomic E-state index is 12.6. The van der Waals surface area contributed by atoms with Crippen LogP contribution in [0.15, 0.2) is 12.4 Å². The fourth-order valence-electron chi connectivity index (χ4n) is 4.54. The molecule has 1 atom stereocenters. The Morgan fingerprint density at radius 1 is 1.24 bits per heavy atom. The summed E-state index contributed by atoms with van der Waals surface area (Å²) in [4.78, 5) is 28.1. The molecule has 0 aliphatic carbocycles. The van der Waals surface area contributed by atoms with E-state index in [9.17, 15) is 14.7 Å². The van der Waals surface area contributed by atoms with E-state index in [4.69, 9.17) is 0 Å². The highest BCUT2D eigenvalue weighted by atomic mass is 16.3. The summed E-state index contributed by atoms with van der Waals surface area (Å²) in [7, 11) is 1.88. The van der Waals surface area contributed by atoms with Gasteiger partial charge >= 0.3 is 0 Å². The molecule has 2 saturated heterocycles. The van der Waals surface area contributed by atoms with Gasteiger partial charge in [0.05, 0.1) is 11.8 Å². The number of likely N-dealkylation sites (tertiary alicyclic amines) is 2. The zero-order valence-electron chi connectivity index (χ0n) is 17.8. The van der Waals surface area contributed by atoms with E-state index >= 15 is 0 Å². The molecule has 0 saturated carbocycles. The van der Waals surface area contributed by atoms with Crippen LogP contribution in [0.2, 0.25) is 0 Å². The molecule has 3 rings (SSSR count). The van der Waals surface area contributed by atoms with E-state index in [1.807, 2.05) is 24.3 Å². The lowest BCUT2D eigenvalue weighted by Crippen LogP contribution is -2.50. The number of β-amino-alcohol motifs (C(OH)–C–C–N with tert-alkyl or cyclic N) is 1. The minimum atomic E-state index is -0.737.